The molecule has 17 heteroatoms. The van der Waals surface area contributed by atoms with Crippen LogP contribution in [0.3, 0.4) is 0 Å². The van der Waals surface area contributed by atoms with Crippen LogP contribution in [-0.2, 0) is 16.1 Å². The third-order valence-electron chi connectivity index (χ3n) is 11.5. The van der Waals surface area contributed by atoms with Crippen LogP contribution < -0.4 is 20.7 Å². The van der Waals surface area contributed by atoms with Crippen molar-refractivity contribution >= 4 is 35.1 Å². The first-order valence-corrected chi connectivity index (χ1v) is 19.1. The van der Waals surface area contributed by atoms with Gasteiger partial charge < -0.3 is 15.4 Å². The highest BCUT2D eigenvalue weighted by Crippen LogP contribution is 2.35. The van der Waals surface area contributed by atoms with E-state index in [9.17, 15) is 23.6 Å². The fraction of sp³-hybridized carbons (Fsp3) is 0.350. The van der Waals surface area contributed by atoms with Gasteiger partial charge in [-0.15, -0.1) is 0 Å². The van der Waals surface area contributed by atoms with Crippen LogP contribution in [0.15, 0.2) is 73.4 Å². The molecule has 3 N–H and O–H groups in total. The Morgan fingerprint density at radius 1 is 0.912 bits per heavy atom. The lowest BCUT2D eigenvalue weighted by molar-refractivity contribution is -0.136. The van der Waals surface area contributed by atoms with Crippen LogP contribution in [0.5, 0.6) is 5.75 Å². The van der Waals surface area contributed by atoms with Crippen molar-refractivity contribution in [3.8, 4) is 22.6 Å². The van der Waals surface area contributed by atoms with Crippen molar-refractivity contribution in [2.45, 2.75) is 57.3 Å². The highest BCUT2D eigenvalue weighted by atomic mass is 19.1. The summed E-state index contributed by atoms with van der Waals surface area (Å²) < 4.78 is 22.5. The van der Waals surface area contributed by atoms with Crippen LogP contribution >= 0.6 is 0 Å². The molecule has 4 amide bonds. The van der Waals surface area contributed by atoms with Gasteiger partial charge in [-0.1, -0.05) is 0 Å². The molecule has 0 bridgehead atoms. The van der Waals surface area contributed by atoms with Gasteiger partial charge in [-0.3, -0.25) is 39.0 Å². The van der Waals surface area contributed by atoms with E-state index in [2.05, 4.69) is 35.4 Å². The van der Waals surface area contributed by atoms with Crippen molar-refractivity contribution in [2.24, 2.45) is 5.92 Å². The molecule has 3 fully saturated rings. The lowest BCUT2D eigenvalue weighted by Crippen LogP contribution is -2.61. The van der Waals surface area contributed by atoms with Crippen molar-refractivity contribution in [3.63, 3.8) is 0 Å². The first kappa shape index (κ1) is 36.2. The fourth-order valence-electron chi connectivity index (χ4n) is 8.27. The number of piperidine rings is 2. The van der Waals surface area contributed by atoms with Crippen LogP contribution in [0.25, 0.3) is 16.8 Å². The minimum Gasteiger partial charge on any atom is -0.482 e. The van der Waals surface area contributed by atoms with Crippen LogP contribution in [-0.4, -0.2) is 101 Å². The first-order chi connectivity index (χ1) is 27.6. The van der Waals surface area contributed by atoms with Crippen molar-refractivity contribution in [3.05, 3.63) is 96.0 Å². The molecule has 3 saturated heterocycles. The van der Waals surface area contributed by atoms with Crippen molar-refractivity contribution in [2.75, 3.05) is 36.8 Å². The molecule has 0 saturated carbocycles. The van der Waals surface area contributed by atoms with Gasteiger partial charge in [0.15, 0.2) is 11.6 Å². The molecular weight excluding hydrogens is 734 g/mol. The Balaban J connectivity index is 0.777. The number of aromatic nitrogens is 6. The number of nitrogens with two attached hydrogens (primary N) is 1. The number of likely N-dealkylation sites (tertiary alicyclic amines) is 1. The Bertz CT molecular complexity index is 2390. The van der Waals surface area contributed by atoms with E-state index in [4.69, 9.17) is 10.5 Å². The second-order valence-electron chi connectivity index (χ2n) is 15.1. The molecule has 0 aliphatic carbocycles. The second-order valence-corrected chi connectivity index (χ2v) is 15.1. The topological polar surface area (TPSA) is 187 Å². The minimum absolute atomic E-state index is 0.0848. The quantitative estimate of drug-likeness (QED) is 0.198. The average Bonchev–Trinajstić information content (AvgIpc) is 3.94. The third kappa shape index (κ3) is 6.87. The molecule has 292 valence electrons. The van der Waals surface area contributed by atoms with Crippen molar-refractivity contribution in [1.82, 2.24) is 44.9 Å². The molecule has 0 spiro atoms. The van der Waals surface area contributed by atoms with E-state index >= 15 is 0 Å². The molecular formula is C40H40FN11O5. The van der Waals surface area contributed by atoms with Gasteiger partial charge in [-0.2, -0.15) is 20.1 Å². The van der Waals surface area contributed by atoms with Crippen LogP contribution in [0.4, 0.5) is 15.9 Å². The van der Waals surface area contributed by atoms with Crippen molar-refractivity contribution in [1.29, 1.82) is 0 Å². The Hall–Kier alpha value is -6.49. The summed E-state index contributed by atoms with van der Waals surface area (Å²) in [5, 5.41) is 15.3. The molecule has 2 aromatic carbocycles. The van der Waals surface area contributed by atoms with Gasteiger partial charge in [0.1, 0.15) is 18.0 Å². The van der Waals surface area contributed by atoms with E-state index in [1.54, 1.807) is 49.9 Å². The molecule has 3 aromatic heterocycles. The van der Waals surface area contributed by atoms with E-state index in [1.807, 2.05) is 23.0 Å². The largest absolute Gasteiger partial charge is 0.482 e. The Morgan fingerprint density at radius 3 is 2.46 bits per heavy atom. The van der Waals surface area contributed by atoms with Gasteiger partial charge in [-0.05, 0) is 87.7 Å². The Morgan fingerprint density at radius 2 is 1.68 bits per heavy atom. The van der Waals surface area contributed by atoms with Crippen LogP contribution in [0.2, 0.25) is 0 Å². The summed E-state index contributed by atoms with van der Waals surface area (Å²) in [6.45, 7) is 6.17. The van der Waals surface area contributed by atoms with E-state index in [0.29, 0.717) is 34.5 Å². The Labute approximate surface area is 326 Å². The van der Waals surface area contributed by atoms with E-state index in [0.717, 1.165) is 67.3 Å². The number of hydrogen-bond acceptors (Lipinski definition) is 12. The number of nitrogens with zero attached hydrogens (tertiary/aromatic N) is 9. The third-order valence-corrected chi connectivity index (χ3v) is 11.5. The number of ether oxygens (including phenoxy) is 1. The average molecular weight is 774 g/mol. The zero-order valence-corrected chi connectivity index (χ0v) is 31.1. The maximum atomic E-state index is 14.3. The molecule has 4 aliphatic rings. The lowest BCUT2D eigenvalue weighted by Gasteiger charge is -2.48. The maximum absolute atomic E-state index is 14.3. The summed E-state index contributed by atoms with van der Waals surface area (Å²) in [5.41, 5.74) is 10.5. The van der Waals surface area contributed by atoms with Crippen molar-refractivity contribution < 1.29 is 28.3 Å². The predicted octanol–water partition coefficient (Wildman–Crippen LogP) is 3.39. The van der Waals surface area contributed by atoms with Gasteiger partial charge in [0, 0.05) is 66.9 Å². The van der Waals surface area contributed by atoms with Gasteiger partial charge in [0.2, 0.25) is 11.8 Å². The number of fused-ring (bicyclic) bond motifs is 1. The predicted molar refractivity (Wildman–Crippen MR) is 204 cm³/mol. The highest BCUT2D eigenvalue weighted by molar-refractivity contribution is 6.23. The number of carbonyl (C=O) groups is 4. The maximum Gasteiger partial charge on any atom is 0.262 e. The molecule has 7 heterocycles. The molecule has 16 nitrogen and oxygen atoms in total. The molecule has 0 radical (unpaired) electrons. The standard InChI is InChI=1S/C40H40FN11O5/c1-23(31-15-27(41)2-5-33(31)52-44-10-11-45-52)57-35-14-25(17-43-37(35)42)26-18-46-50(20-26)19-24-8-12-48(13-9-24)29-21-49(22-29)28-3-4-30-32(16-28)40(56)51(39(30)55)34-6-7-36(53)47-38(34)54/h2-5,10-11,14-18,20,23-24,29,34H,6-9,12-13,19,21-22H2,1H3,(H2,42,43)(H,47,53,54)/t23-,34?/m0/s1. The molecule has 1 unspecified atom stereocenters. The normalized spacial score (nSPS) is 19.8. The fourth-order valence-corrected chi connectivity index (χ4v) is 8.27. The number of pyridine rings is 1. The molecule has 57 heavy (non-hydrogen) atoms. The summed E-state index contributed by atoms with van der Waals surface area (Å²) in [7, 11) is 0. The monoisotopic (exact) mass is 773 g/mol. The van der Waals surface area contributed by atoms with E-state index < -0.39 is 41.6 Å². The number of nitrogens with one attached hydrogen (secondary N) is 1. The summed E-state index contributed by atoms with van der Waals surface area (Å²) >= 11 is 0. The number of halogens is 1. The number of rotatable bonds is 10. The minimum atomic E-state index is -0.981. The van der Waals surface area contributed by atoms with Gasteiger partial charge in [-0.25, -0.2) is 9.37 Å². The Kier molecular flexibility index (Phi) is 9.23. The number of carbonyl (C=O) groups excluding carboxylic acids is 4. The lowest BCUT2D eigenvalue weighted by atomic mass is 9.94. The zero-order valence-electron chi connectivity index (χ0n) is 31.1. The number of hydrogen-bond donors (Lipinski definition) is 2. The smallest absolute Gasteiger partial charge is 0.262 e. The van der Waals surface area contributed by atoms with E-state index in [-0.39, 0.29) is 24.2 Å². The van der Waals surface area contributed by atoms with E-state index in [1.165, 1.54) is 16.9 Å². The number of anilines is 2. The van der Waals surface area contributed by atoms with Gasteiger partial charge in [0.25, 0.3) is 11.8 Å². The molecule has 4 aliphatic heterocycles. The first-order valence-electron chi connectivity index (χ1n) is 19.1. The number of amides is 4. The summed E-state index contributed by atoms with van der Waals surface area (Å²) in [6, 6.07) is 10.9. The molecule has 9 rings (SSSR count). The highest BCUT2D eigenvalue weighted by Gasteiger charge is 2.45. The zero-order chi connectivity index (χ0) is 39.4. The molecule has 5 aromatic rings. The van der Waals surface area contributed by atoms with Crippen LogP contribution in [0.1, 0.15) is 65.0 Å². The van der Waals surface area contributed by atoms with Crippen LogP contribution in [0, 0.1) is 11.7 Å². The number of nitrogen functional groups attached to an aromatic ring is 1. The molecule has 2 atom stereocenters. The van der Waals surface area contributed by atoms with Gasteiger partial charge in [0.05, 0.1) is 35.4 Å². The number of benzene rings is 2. The number of imide groups is 2. The summed E-state index contributed by atoms with van der Waals surface area (Å²) in [6.07, 6.45) is 10.3. The summed E-state index contributed by atoms with van der Waals surface area (Å²) in [4.78, 5) is 61.9. The summed E-state index contributed by atoms with van der Waals surface area (Å²) in [5.74, 6) is -1.36. The second kappa shape index (κ2) is 14.5. The van der Waals surface area contributed by atoms with Gasteiger partial charge >= 0.3 is 0 Å². The SMILES string of the molecule is C[C@H](Oc1cc(-c2cnn(CC3CCN(C4CN(c5ccc6c(c5)C(=O)N(C5CCC(=O)NC5=O)C6=O)C4)CC3)c2)cnc1N)c1cc(F)ccc1-n1nccn1.